The molecule has 1 aliphatic rings. The Morgan fingerprint density at radius 1 is 1.09 bits per heavy atom. The molecular weight excluding hydrogens is 450 g/mol. The van der Waals surface area contributed by atoms with Crippen molar-refractivity contribution in [3.8, 4) is 5.69 Å². The van der Waals surface area contributed by atoms with Crippen molar-refractivity contribution in [1.29, 1.82) is 0 Å². The van der Waals surface area contributed by atoms with E-state index in [1.807, 2.05) is 10.6 Å². The van der Waals surface area contributed by atoms with Gasteiger partial charge in [-0.2, -0.15) is 0 Å². The summed E-state index contributed by atoms with van der Waals surface area (Å²) in [6.45, 7) is 7.78. The fourth-order valence-corrected chi connectivity index (χ4v) is 3.79. The molecule has 11 nitrogen and oxygen atoms in total. The molecule has 5 rings (SSSR count). The van der Waals surface area contributed by atoms with Crippen LogP contribution in [0.4, 0.5) is 0 Å². The standard InChI is InChI=1S/C24H27N7O4/c1-5-34-22(32)18-12-30(14-25-18)20-8-16(15-6-7-15)9-29-10-17(26-21(20)29)11-31-13-19(27-28-31)23(33)35-24(2,3)4/h8-10,12-15H,5-7,11H2,1-4H3. The van der Waals surface area contributed by atoms with Crippen LogP contribution in [0.3, 0.4) is 0 Å². The Bertz CT molecular complexity index is 1400. The van der Waals surface area contributed by atoms with E-state index in [0.29, 0.717) is 18.1 Å². The zero-order valence-electron chi connectivity index (χ0n) is 20.1. The van der Waals surface area contributed by atoms with Crippen molar-refractivity contribution < 1.29 is 19.1 Å². The highest BCUT2D eigenvalue weighted by Gasteiger charge is 2.26. The van der Waals surface area contributed by atoms with Crippen LogP contribution < -0.4 is 0 Å². The van der Waals surface area contributed by atoms with Gasteiger partial charge in [0.25, 0.3) is 0 Å². The Balaban J connectivity index is 1.45. The number of ether oxygens (including phenoxy) is 2. The third kappa shape index (κ3) is 4.93. The van der Waals surface area contributed by atoms with E-state index < -0.39 is 17.5 Å². The molecule has 0 unspecified atom stereocenters. The van der Waals surface area contributed by atoms with Crippen molar-refractivity contribution in [3.05, 3.63) is 59.8 Å². The Kier molecular flexibility index (Phi) is 5.62. The molecule has 0 N–H and O–H groups in total. The number of fused-ring (bicyclic) bond motifs is 1. The molecule has 0 aliphatic heterocycles. The SMILES string of the molecule is CCOC(=O)c1cn(-c2cc(C3CC3)cn3cc(Cn4cc(C(=O)OC(C)(C)C)nn4)nc23)cn1. The van der Waals surface area contributed by atoms with Crippen LogP contribution in [0.1, 0.15) is 78.7 Å². The molecule has 4 aromatic rings. The Hall–Kier alpha value is -4.02. The number of hydrogen-bond donors (Lipinski definition) is 0. The molecule has 35 heavy (non-hydrogen) atoms. The first kappa shape index (κ1) is 22.8. The Labute approximate surface area is 201 Å². The Morgan fingerprint density at radius 3 is 2.60 bits per heavy atom. The minimum atomic E-state index is -0.613. The maximum absolute atomic E-state index is 12.3. The number of carbonyl (C=O) groups is 2. The van der Waals surface area contributed by atoms with Gasteiger partial charge in [-0.05, 0) is 58.1 Å². The molecule has 1 saturated carbocycles. The highest BCUT2D eigenvalue weighted by atomic mass is 16.6. The maximum Gasteiger partial charge on any atom is 0.361 e. The van der Waals surface area contributed by atoms with Gasteiger partial charge in [-0.1, -0.05) is 5.21 Å². The summed E-state index contributed by atoms with van der Waals surface area (Å²) < 4.78 is 15.8. The second-order valence-corrected chi connectivity index (χ2v) is 9.59. The molecule has 182 valence electrons. The summed E-state index contributed by atoms with van der Waals surface area (Å²) in [5.74, 6) is -0.465. The lowest BCUT2D eigenvalue weighted by molar-refractivity contribution is 0.00624. The van der Waals surface area contributed by atoms with E-state index in [1.165, 1.54) is 5.56 Å². The van der Waals surface area contributed by atoms with Gasteiger partial charge < -0.3 is 18.4 Å². The van der Waals surface area contributed by atoms with Crippen LogP contribution in [0.5, 0.6) is 0 Å². The smallest absolute Gasteiger partial charge is 0.361 e. The average molecular weight is 478 g/mol. The molecule has 0 atom stereocenters. The zero-order valence-corrected chi connectivity index (χ0v) is 20.1. The number of rotatable bonds is 7. The summed E-state index contributed by atoms with van der Waals surface area (Å²) in [7, 11) is 0. The molecule has 11 heteroatoms. The normalized spacial score (nSPS) is 13.8. The van der Waals surface area contributed by atoms with Gasteiger partial charge in [0, 0.05) is 18.6 Å². The molecule has 0 saturated heterocycles. The van der Waals surface area contributed by atoms with E-state index in [1.54, 1.807) is 55.7 Å². The average Bonchev–Trinajstić information content (AvgIpc) is 3.18. The third-order valence-electron chi connectivity index (χ3n) is 5.47. The Morgan fingerprint density at radius 2 is 1.89 bits per heavy atom. The molecule has 4 aromatic heterocycles. The van der Waals surface area contributed by atoms with Gasteiger partial charge in [0.2, 0.25) is 0 Å². The maximum atomic E-state index is 12.3. The minimum absolute atomic E-state index is 0.144. The van der Waals surface area contributed by atoms with Crippen molar-refractivity contribution in [3.63, 3.8) is 0 Å². The summed E-state index contributed by atoms with van der Waals surface area (Å²) in [4.78, 5) is 33.4. The highest BCUT2D eigenvalue weighted by molar-refractivity contribution is 5.87. The third-order valence-corrected chi connectivity index (χ3v) is 5.47. The summed E-state index contributed by atoms with van der Waals surface area (Å²) in [5.41, 5.74) is 3.25. The topological polar surface area (TPSA) is 118 Å². The monoisotopic (exact) mass is 477 g/mol. The summed E-state index contributed by atoms with van der Waals surface area (Å²) >= 11 is 0. The molecule has 4 heterocycles. The predicted molar refractivity (Wildman–Crippen MR) is 125 cm³/mol. The van der Waals surface area contributed by atoms with Gasteiger partial charge in [0.15, 0.2) is 17.0 Å². The first-order valence-electron chi connectivity index (χ1n) is 11.6. The lowest BCUT2D eigenvalue weighted by Gasteiger charge is -2.18. The van der Waals surface area contributed by atoms with Gasteiger partial charge in [-0.3, -0.25) is 0 Å². The molecule has 1 aliphatic carbocycles. The van der Waals surface area contributed by atoms with E-state index in [9.17, 15) is 9.59 Å². The van der Waals surface area contributed by atoms with Crippen molar-refractivity contribution in [2.45, 2.75) is 58.6 Å². The van der Waals surface area contributed by atoms with Crippen LogP contribution >= 0.6 is 0 Å². The van der Waals surface area contributed by atoms with Gasteiger partial charge in [0.05, 0.1) is 30.7 Å². The first-order chi connectivity index (χ1) is 16.7. The lowest BCUT2D eigenvalue weighted by atomic mass is 10.2. The second kappa shape index (κ2) is 8.64. The minimum Gasteiger partial charge on any atom is -0.461 e. The number of hydrogen-bond acceptors (Lipinski definition) is 8. The molecule has 0 radical (unpaired) electrons. The van der Waals surface area contributed by atoms with Crippen molar-refractivity contribution in [1.82, 2.24) is 33.9 Å². The van der Waals surface area contributed by atoms with E-state index in [0.717, 1.165) is 24.2 Å². The van der Waals surface area contributed by atoms with Gasteiger partial charge in [-0.25, -0.2) is 24.2 Å². The highest BCUT2D eigenvalue weighted by Crippen LogP contribution is 2.41. The fourth-order valence-electron chi connectivity index (χ4n) is 3.79. The summed E-state index contributed by atoms with van der Waals surface area (Å²) in [5, 5.41) is 8.00. The fraction of sp³-hybridized carbons (Fsp3) is 0.417. The summed E-state index contributed by atoms with van der Waals surface area (Å²) in [6, 6.07) is 2.09. The number of pyridine rings is 1. The van der Waals surface area contributed by atoms with Gasteiger partial charge in [0.1, 0.15) is 11.9 Å². The van der Waals surface area contributed by atoms with Crippen LogP contribution in [-0.2, 0) is 16.0 Å². The predicted octanol–water partition coefficient (Wildman–Crippen LogP) is 3.17. The van der Waals surface area contributed by atoms with Gasteiger partial charge in [-0.15, -0.1) is 5.10 Å². The molecular formula is C24H27N7O4. The molecule has 0 amide bonds. The molecule has 0 aromatic carbocycles. The van der Waals surface area contributed by atoms with E-state index >= 15 is 0 Å². The van der Waals surface area contributed by atoms with Crippen molar-refractivity contribution in [2.75, 3.05) is 6.61 Å². The van der Waals surface area contributed by atoms with Crippen molar-refractivity contribution >= 4 is 17.6 Å². The van der Waals surface area contributed by atoms with E-state index in [-0.39, 0.29) is 18.0 Å². The quantitative estimate of drug-likeness (QED) is 0.373. The number of aromatic nitrogens is 7. The van der Waals surface area contributed by atoms with Crippen molar-refractivity contribution in [2.24, 2.45) is 0 Å². The molecule has 1 fully saturated rings. The van der Waals surface area contributed by atoms with Gasteiger partial charge >= 0.3 is 11.9 Å². The number of esters is 2. The second-order valence-electron chi connectivity index (χ2n) is 9.59. The molecule has 0 spiro atoms. The lowest BCUT2D eigenvalue weighted by Crippen LogP contribution is -2.24. The van der Waals surface area contributed by atoms with Crippen LogP contribution in [0.2, 0.25) is 0 Å². The zero-order chi connectivity index (χ0) is 24.7. The largest absolute Gasteiger partial charge is 0.461 e. The van der Waals surface area contributed by atoms with Crippen LogP contribution in [0.25, 0.3) is 11.3 Å². The number of imidazole rings is 2. The number of carbonyl (C=O) groups excluding carboxylic acids is 2. The van der Waals surface area contributed by atoms with Crippen LogP contribution in [-0.4, -0.2) is 58.1 Å². The number of nitrogens with zero attached hydrogens (tertiary/aromatic N) is 7. The van der Waals surface area contributed by atoms with Crippen LogP contribution in [0, 0.1) is 0 Å². The van der Waals surface area contributed by atoms with E-state index in [4.69, 9.17) is 14.5 Å². The van der Waals surface area contributed by atoms with E-state index in [2.05, 4.69) is 27.6 Å². The van der Waals surface area contributed by atoms with Crippen LogP contribution in [0.15, 0.2) is 37.2 Å². The first-order valence-corrected chi connectivity index (χ1v) is 11.6. The summed E-state index contributed by atoms with van der Waals surface area (Å²) in [6.07, 6.45) is 11.1. The molecule has 0 bridgehead atoms.